The lowest BCUT2D eigenvalue weighted by Crippen LogP contribution is -2.22. The molecule has 0 saturated heterocycles. The van der Waals surface area contributed by atoms with Gasteiger partial charge in [0.05, 0.1) is 14.2 Å². The van der Waals surface area contributed by atoms with Gasteiger partial charge in [0, 0.05) is 46.9 Å². The maximum absolute atomic E-state index is 5.96. The number of methoxy groups -OCH3 is 2. The molecule has 2 rings (SSSR count). The standard InChI is InChI=1S/C32H50O6Si2/c1-11-25(2)32-27(21-28(22-31(32)34-4)37-23-35-16-18-39(5,6)7)14-12-26-13-15-29(30(20-26)33-3)38-24-36-17-19-40(8,9)10/h11-15,20-22,25H,1,16-19,23-24H2,2-10H3. The maximum Gasteiger partial charge on any atom is 0.189 e. The number of ether oxygens (including phenoxy) is 6. The maximum atomic E-state index is 5.96. The van der Waals surface area contributed by atoms with Crippen LogP contribution in [0.1, 0.15) is 29.5 Å². The van der Waals surface area contributed by atoms with Gasteiger partial charge in [0.15, 0.2) is 25.1 Å². The summed E-state index contributed by atoms with van der Waals surface area (Å²) in [5.41, 5.74) is 3.00. The minimum atomic E-state index is -1.15. The summed E-state index contributed by atoms with van der Waals surface area (Å²) >= 11 is 0. The molecule has 8 heteroatoms. The van der Waals surface area contributed by atoms with Crippen LogP contribution >= 0.6 is 0 Å². The Labute approximate surface area is 244 Å². The predicted octanol–water partition coefficient (Wildman–Crippen LogP) is 8.55. The molecule has 1 unspecified atom stereocenters. The zero-order valence-electron chi connectivity index (χ0n) is 26.1. The molecule has 0 aliphatic rings. The quantitative estimate of drug-likeness (QED) is 0.0573. The number of allylic oxidation sites excluding steroid dienone is 1. The van der Waals surface area contributed by atoms with Gasteiger partial charge in [-0.3, -0.25) is 0 Å². The molecule has 40 heavy (non-hydrogen) atoms. The highest BCUT2D eigenvalue weighted by molar-refractivity contribution is 6.76. The van der Waals surface area contributed by atoms with Crippen molar-refractivity contribution in [1.82, 2.24) is 0 Å². The average Bonchev–Trinajstić information content (AvgIpc) is 2.89. The number of hydrogen-bond donors (Lipinski definition) is 0. The zero-order chi connectivity index (χ0) is 29.8. The molecule has 2 aromatic rings. The van der Waals surface area contributed by atoms with Gasteiger partial charge in [0.25, 0.3) is 0 Å². The summed E-state index contributed by atoms with van der Waals surface area (Å²) in [7, 11) is 1.04. The van der Waals surface area contributed by atoms with E-state index in [0.717, 1.165) is 34.5 Å². The molecule has 1 atom stereocenters. The lowest BCUT2D eigenvalue weighted by atomic mass is 9.93. The second kappa shape index (κ2) is 16.1. The van der Waals surface area contributed by atoms with E-state index in [1.807, 2.05) is 42.5 Å². The Morgan fingerprint density at radius 2 is 1.35 bits per heavy atom. The Hall–Kier alpha value is -2.53. The normalized spacial score (nSPS) is 12.8. The van der Waals surface area contributed by atoms with E-state index in [4.69, 9.17) is 28.4 Å². The summed E-state index contributed by atoms with van der Waals surface area (Å²) in [6.07, 6.45) is 6.01. The second-order valence-corrected chi connectivity index (χ2v) is 23.6. The van der Waals surface area contributed by atoms with Gasteiger partial charge >= 0.3 is 0 Å². The molecule has 0 bridgehead atoms. The van der Waals surface area contributed by atoms with E-state index < -0.39 is 16.1 Å². The summed E-state index contributed by atoms with van der Waals surface area (Å²) in [6, 6.07) is 12.0. The average molecular weight is 587 g/mol. The van der Waals surface area contributed by atoms with Crippen molar-refractivity contribution in [2.24, 2.45) is 0 Å². The molecule has 0 aliphatic carbocycles. The van der Waals surface area contributed by atoms with Gasteiger partial charge in [-0.1, -0.05) is 70.5 Å². The van der Waals surface area contributed by atoms with Gasteiger partial charge in [-0.25, -0.2) is 0 Å². The molecule has 0 radical (unpaired) electrons. The third kappa shape index (κ3) is 11.9. The van der Waals surface area contributed by atoms with Crippen LogP contribution < -0.4 is 18.9 Å². The van der Waals surface area contributed by atoms with Crippen molar-refractivity contribution in [3.8, 4) is 23.0 Å². The van der Waals surface area contributed by atoms with E-state index in [-0.39, 0.29) is 19.5 Å². The predicted molar refractivity (Wildman–Crippen MR) is 173 cm³/mol. The van der Waals surface area contributed by atoms with E-state index in [1.54, 1.807) is 14.2 Å². The molecular formula is C32H50O6Si2. The minimum Gasteiger partial charge on any atom is -0.496 e. The molecule has 0 aromatic heterocycles. The first kappa shape index (κ1) is 33.7. The lowest BCUT2D eigenvalue weighted by Gasteiger charge is -2.19. The molecule has 222 valence electrons. The van der Waals surface area contributed by atoms with Gasteiger partial charge in [-0.2, -0.15) is 0 Å². The minimum absolute atomic E-state index is 0.0860. The van der Waals surface area contributed by atoms with Crippen molar-refractivity contribution in [2.75, 3.05) is 41.0 Å². The van der Waals surface area contributed by atoms with Gasteiger partial charge < -0.3 is 28.4 Å². The summed E-state index contributed by atoms with van der Waals surface area (Å²) in [6.45, 7) is 21.9. The van der Waals surface area contributed by atoms with Crippen LogP contribution in [-0.4, -0.2) is 57.2 Å². The summed E-state index contributed by atoms with van der Waals surface area (Å²) in [4.78, 5) is 0. The van der Waals surface area contributed by atoms with E-state index in [2.05, 4.69) is 58.9 Å². The van der Waals surface area contributed by atoms with Gasteiger partial charge in [0.1, 0.15) is 11.5 Å². The van der Waals surface area contributed by atoms with Crippen LogP contribution in [0, 0.1) is 0 Å². The topological polar surface area (TPSA) is 55.4 Å². The van der Waals surface area contributed by atoms with E-state index >= 15 is 0 Å². The first-order valence-electron chi connectivity index (χ1n) is 14.0. The number of hydrogen-bond acceptors (Lipinski definition) is 6. The van der Waals surface area contributed by atoms with E-state index in [1.165, 1.54) is 0 Å². The summed E-state index contributed by atoms with van der Waals surface area (Å²) < 4.78 is 34.6. The van der Waals surface area contributed by atoms with Crippen molar-refractivity contribution in [1.29, 1.82) is 0 Å². The van der Waals surface area contributed by atoms with E-state index in [0.29, 0.717) is 30.5 Å². The Morgan fingerprint density at radius 1 is 0.750 bits per heavy atom. The number of rotatable bonds is 18. The Morgan fingerprint density at radius 3 is 1.90 bits per heavy atom. The van der Waals surface area contributed by atoms with E-state index in [9.17, 15) is 0 Å². The molecule has 0 spiro atoms. The number of benzene rings is 2. The molecular weight excluding hydrogens is 537 g/mol. The second-order valence-electron chi connectivity index (χ2n) is 12.4. The third-order valence-corrected chi connectivity index (χ3v) is 9.83. The van der Waals surface area contributed by atoms with Crippen LogP contribution in [0.15, 0.2) is 43.0 Å². The fourth-order valence-corrected chi connectivity index (χ4v) is 5.31. The molecule has 0 N–H and O–H groups in total. The molecule has 0 saturated carbocycles. The monoisotopic (exact) mass is 586 g/mol. The first-order chi connectivity index (χ1) is 18.9. The molecule has 2 aromatic carbocycles. The fraction of sp³-hybridized carbons (Fsp3) is 0.500. The van der Waals surface area contributed by atoms with Crippen molar-refractivity contribution in [2.45, 2.75) is 64.2 Å². The molecule has 0 aliphatic heterocycles. The smallest absolute Gasteiger partial charge is 0.189 e. The van der Waals surface area contributed by atoms with Crippen LogP contribution in [0.5, 0.6) is 23.0 Å². The molecule has 0 amide bonds. The van der Waals surface area contributed by atoms with Crippen molar-refractivity contribution in [3.63, 3.8) is 0 Å². The Balaban J connectivity index is 2.19. The van der Waals surface area contributed by atoms with Gasteiger partial charge in [0.2, 0.25) is 0 Å². The van der Waals surface area contributed by atoms with Crippen LogP contribution in [0.25, 0.3) is 12.2 Å². The van der Waals surface area contributed by atoms with Gasteiger partial charge in [-0.05, 0) is 41.4 Å². The van der Waals surface area contributed by atoms with Crippen LogP contribution in [0.3, 0.4) is 0 Å². The molecule has 6 nitrogen and oxygen atoms in total. The Bertz CT molecular complexity index is 1100. The molecule has 0 heterocycles. The van der Waals surface area contributed by atoms with Crippen LogP contribution in [-0.2, 0) is 9.47 Å². The van der Waals surface area contributed by atoms with Crippen molar-refractivity contribution < 1.29 is 28.4 Å². The highest BCUT2D eigenvalue weighted by Crippen LogP contribution is 2.36. The highest BCUT2D eigenvalue weighted by atomic mass is 28.3. The van der Waals surface area contributed by atoms with Crippen molar-refractivity contribution in [3.05, 3.63) is 59.7 Å². The van der Waals surface area contributed by atoms with Crippen LogP contribution in [0.2, 0.25) is 51.4 Å². The largest absolute Gasteiger partial charge is 0.496 e. The van der Waals surface area contributed by atoms with Gasteiger partial charge in [-0.15, -0.1) is 6.58 Å². The Kier molecular flexibility index (Phi) is 13.5. The molecule has 0 fully saturated rings. The fourth-order valence-electron chi connectivity index (χ4n) is 3.80. The van der Waals surface area contributed by atoms with Crippen LogP contribution in [0.4, 0.5) is 0 Å². The lowest BCUT2D eigenvalue weighted by molar-refractivity contribution is 0.0205. The van der Waals surface area contributed by atoms with Crippen molar-refractivity contribution >= 4 is 28.3 Å². The third-order valence-electron chi connectivity index (χ3n) is 6.42. The summed E-state index contributed by atoms with van der Waals surface area (Å²) in [5, 5.41) is 0. The summed E-state index contributed by atoms with van der Waals surface area (Å²) in [5.74, 6) is 2.84. The zero-order valence-corrected chi connectivity index (χ0v) is 28.1. The highest BCUT2D eigenvalue weighted by Gasteiger charge is 2.17. The first-order valence-corrected chi connectivity index (χ1v) is 21.4. The SMILES string of the molecule is C=CC(C)c1c(C=Cc2ccc(OCOCC[Si](C)(C)C)c(OC)c2)cc(OCOCC[Si](C)(C)C)cc1OC.